The summed E-state index contributed by atoms with van der Waals surface area (Å²) >= 11 is 10.6. The van der Waals surface area contributed by atoms with Crippen LogP contribution in [0.2, 0.25) is 0 Å². The molecule has 0 spiro atoms. The van der Waals surface area contributed by atoms with E-state index in [0.29, 0.717) is 19.3 Å². The Kier molecular flexibility index (Phi) is 86.9. The summed E-state index contributed by atoms with van der Waals surface area (Å²) in [6.45, 7) is 2.85. The molecule has 9 nitrogen and oxygen atoms in total. The Morgan fingerprint density at radius 1 is 0.500 bits per heavy atom. The van der Waals surface area contributed by atoms with E-state index in [2.05, 4.69) is 48.8 Å². The van der Waals surface area contributed by atoms with Crippen LogP contribution in [0.15, 0.2) is 0 Å². The van der Waals surface area contributed by atoms with Gasteiger partial charge < -0.3 is 57.8 Å². The van der Waals surface area contributed by atoms with Gasteiger partial charge in [-0.3, -0.25) is 0 Å². The first kappa shape index (κ1) is 62.1. The predicted molar refractivity (Wildman–Crippen MR) is 214 cm³/mol. The van der Waals surface area contributed by atoms with E-state index in [1.165, 1.54) is 135 Å². The molecule has 0 amide bonds. The van der Waals surface area contributed by atoms with Crippen molar-refractivity contribution in [1.82, 2.24) is 0 Å². The van der Waals surface area contributed by atoms with Crippen LogP contribution in [0.25, 0.3) is 0 Å². The summed E-state index contributed by atoms with van der Waals surface area (Å²) in [4.78, 5) is 15.5. The van der Waals surface area contributed by atoms with Crippen molar-refractivity contribution < 1.29 is 61.4 Å². The maximum atomic E-state index is 7.91. The number of rotatable bonds is 30. The standard InChI is InChI=1S/C23H47PS3.3C3H8O2.CH5O3P.Ni/c1-2-3-4-5-6-7-8-9-10-11-12-13-14-15-16-17-18-19-20-21-22-23-27-24(25)26;3*4-2-1-3-5;1-4-5(2)3;/h9-10,25-26H,2-8,11-23H2,1H3;3*4-5H,1-3H2;2-3H,1H3;/q-2;;;;;+2. The molecule has 0 rings (SSSR count). The molecule has 0 saturated carbocycles. The van der Waals surface area contributed by atoms with E-state index in [4.69, 9.17) is 40.4 Å². The van der Waals surface area contributed by atoms with E-state index < -0.39 is 8.60 Å². The second-order valence-corrected chi connectivity index (χ2v) is 19.5. The fraction of sp³-hybridized carbons (Fsp3) is 0.939. The Balaban J connectivity index is -0.000000169. The Morgan fingerprint density at radius 2 is 0.771 bits per heavy atom. The molecule has 0 saturated heterocycles. The summed E-state index contributed by atoms with van der Waals surface area (Å²) in [5, 5.41) is 47.4. The Hall–Kier alpha value is 2.04. The zero-order chi connectivity index (χ0) is 36.5. The molecule has 0 aliphatic heterocycles. The average Bonchev–Trinajstić information content (AvgIpc) is 3.05. The van der Waals surface area contributed by atoms with Crippen LogP contribution >= 0.6 is 50.0 Å². The molecule has 300 valence electrons. The maximum absolute atomic E-state index is 7.91. The van der Waals surface area contributed by atoms with Crippen LogP contribution in [0.5, 0.6) is 0 Å². The molecule has 0 bridgehead atoms. The molecule has 8 N–H and O–H groups in total. The molecule has 0 unspecified atom stereocenters. The molecule has 0 aromatic heterocycles. The SMILES string of the molecule is CCCCCCCC[CH-][CH-]CCCCCCCCCCCCCSP(S)S.COP(O)O.OCCCO.OCCCO.OCCCO.[Ni+2]. The van der Waals surface area contributed by atoms with Gasteiger partial charge in [0.1, 0.15) is 0 Å². The van der Waals surface area contributed by atoms with Gasteiger partial charge in [-0.05, 0) is 31.4 Å². The molecule has 0 radical (unpaired) electrons. The van der Waals surface area contributed by atoms with E-state index >= 15 is 0 Å². The first-order valence-corrected chi connectivity index (χ1v) is 24.0. The molecule has 0 atom stereocenters. The molecule has 0 heterocycles. The van der Waals surface area contributed by atoms with Gasteiger partial charge in [-0.1, -0.05) is 110 Å². The van der Waals surface area contributed by atoms with Crippen molar-refractivity contribution in [3.8, 4) is 0 Å². The van der Waals surface area contributed by atoms with Gasteiger partial charge in [-0.25, -0.2) is 12.8 Å². The minimum Gasteiger partial charge on any atom is -0.495 e. The summed E-state index contributed by atoms with van der Waals surface area (Å²) in [6, 6.07) is 0. The third kappa shape index (κ3) is 91.7. The topological polar surface area (TPSA) is 171 Å². The number of unbranched alkanes of at least 4 members (excludes halogenated alkanes) is 20. The Bertz CT molecular complexity index is 454. The van der Waals surface area contributed by atoms with Crippen molar-refractivity contribution in [3.05, 3.63) is 12.8 Å². The molecule has 0 fully saturated rings. The monoisotopic (exact) mass is 832 g/mol. The van der Waals surface area contributed by atoms with E-state index in [9.17, 15) is 0 Å². The molecule has 0 aromatic rings. The van der Waals surface area contributed by atoms with Gasteiger partial charge >= 0.3 is 25.1 Å². The van der Waals surface area contributed by atoms with Crippen LogP contribution in [0.3, 0.4) is 0 Å². The van der Waals surface area contributed by atoms with Gasteiger partial charge in [0.25, 0.3) is 0 Å². The Morgan fingerprint density at radius 3 is 1.00 bits per heavy atom. The zero-order valence-electron chi connectivity index (χ0n) is 30.2. The van der Waals surface area contributed by atoms with E-state index in [1.54, 1.807) is 0 Å². The third-order valence-electron chi connectivity index (χ3n) is 6.22. The number of hydrogen-bond acceptors (Lipinski definition) is 12. The maximum Gasteiger partial charge on any atom is 2.00 e. The van der Waals surface area contributed by atoms with Gasteiger partial charge in [0.15, 0.2) is 0 Å². The summed E-state index contributed by atoms with van der Waals surface area (Å²) in [5.41, 5.74) is -0.346. The van der Waals surface area contributed by atoms with Gasteiger partial charge in [-0.15, -0.1) is 35.9 Å². The Labute approximate surface area is 323 Å². The molecule has 15 heteroatoms. The van der Waals surface area contributed by atoms with Crippen LogP contribution in [0.1, 0.15) is 148 Å². The van der Waals surface area contributed by atoms with Gasteiger partial charge in [-0.2, -0.15) is 0 Å². The quantitative estimate of drug-likeness (QED) is 0.0111. The van der Waals surface area contributed by atoms with Crippen molar-refractivity contribution in [1.29, 1.82) is 0 Å². The van der Waals surface area contributed by atoms with Crippen LogP contribution < -0.4 is 0 Å². The number of hydrogen-bond donors (Lipinski definition) is 10. The van der Waals surface area contributed by atoms with Gasteiger partial charge in [0.2, 0.25) is 0 Å². The van der Waals surface area contributed by atoms with Crippen molar-refractivity contribution in [2.24, 2.45) is 0 Å². The van der Waals surface area contributed by atoms with Crippen LogP contribution in [0, 0.1) is 12.8 Å². The van der Waals surface area contributed by atoms with Crippen molar-refractivity contribution >= 4 is 50.0 Å². The summed E-state index contributed by atoms with van der Waals surface area (Å²) in [6.07, 6.45) is 33.1. The first-order chi connectivity index (χ1) is 22.8. The largest absolute Gasteiger partial charge is 2.00 e. The summed E-state index contributed by atoms with van der Waals surface area (Å²) < 4.78 is 3.93. The first-order valence-electron chi connectivity index (χ1n) is 17.6. The minimum absolute atomic E-state index is 0. The second-order valence-electron chi connectivity index (χ2n) is 10.6. The van der Waals surface area contributed by atoms with Crippen molar-refractivity contribution in [2.45, 2.75) is 148 Å². The average molecular weight is 834 g/mol. The molecular weight excluding hydrogens is 757 g/mol. The predicted octanol–water partition coefficient (Wildman–Crippen LogP) is 8.57. The third-order valence-corrected chi connectivity index (χ3v) is 10.6. The van der Waals surface area contributed by atoms with Crippen LogP contribution in [-0.2, 0) is 21.0 Å². The molecule has 0 aromatic carbocycles. The minimum atomic E-state index is -2.10. The zero-order valence-corrected chi connectivity index (χ0v) is 35.5. The van der Waals surface area contributed by atoms with Gasteiger partial charge in [0.05, 0.1) is 5.53 Å². The fourth-order valence-corrected chi connectivity index (χ4v) is 6.44. The smallest absolute Gasteiger partial charge is 0.495 e. The van der Waals surface area contributed by atoms with Gasteiger partial charge in [0, 0.05) is 46.8 Å². The van der Waals surface area contributed by atoms with E-state index in [-0.39, 0.29) is 61.7 Å². The van der Waals surface area contributed by atoms with Crippen molar-refractivity contribution in [2.75, 3.05) is 52.5 Å². The van der Waals surface area contributed by atoms with E-state index in [0.717, 1.165) is 0 Å². The molecular formula is C33H76NiO9P2S3. The second kappa shape index (κ2) is 67.2. The fourth-order valence-electron chi connectivity index (χ4n) is 3.59. The molecule has 0 aliphatic rings. The normalized spacial score (nSPS) is 10.1. The molecule has 0 aliphatic carbocycles. The van der Waals surface area contributed by atoms with Crippen LogP contribution in [0.4, 0.5) is 0 Å². The van der Waals surface area contributed by atoms with E-state index in [1.807, 2.05) is 11.4 Å². The summed E-state index contributed by atoms with van der Waals surface area (Å²) in [7, 11) is -0.870. The van der Waals surface area contributed by atoms with Crippen molar-refractivity contribution in [3.63, 3.8) is 0 Å². The van der Waals surface area contributed by atoms with Crippen LogP contribution in [-0.4, -0.2) is 92.9 Å². The summed E-state index contributed by atoms with van der Waals surface area (Å²) in [5.74, 6) is 1.24. The number of thiol groups is 2. The molecule has 48 heavy (non-hydrogen) atoms. The number of aliphatic hydroxyl groups is 6. The number of aliphatic hydroxyl groups excluding tert-OH is 6.